The fourth-order valence-corrected chi connectivity index (χ4v) is 3.49. The van der Waals surface area contributed by atoms with Crippen molar-refractivity contribution in [1.82, 2.24) is 20.2 Å². The number of aliphatic imine (C=N–C) groups is 1. The second-order valence-corrected chi connectivity index (χ2v) is 7.02. The molecule has 0 atom stereocenters. The van der Waals surface area contributed by atoms with Crippen LogP contribution in [0.2, 0.25) is 0 Å². The number of hydrogen-bond donors (Lipinski definition) is 2. The summed E-state index contributed by atoms with van der Waals surface area (Å²) < 4.78 is 65.7. The molecular formula is C19H22F5N5. The van der Waals surface area contributed by atoms with Gasteiger partial charge >= 0.3 is 12.7 Å². The van der Waals surface area contributed by atoms with Crippen molar-refractivity contribution in [2.45, 2.75) is 43.9 Å². The van der Waals surface area contributed by atoms with Gasteiger partial charge in [0.05, 0.1) is 12.1 Å². The fourth-order valence-electron chi connectivity index (χ4n) is 3.49. The van der Waals surface area contributed by atoms with Gasteiger partial charge in [-0.15, -0.1) is 0 Å². The molecule has 0 saturated heterocycles. The summed E-state index contributed by atoms with van der Waals surface area (Å²) in [6.07, 6.45) is 0.530. The standard InChI is InChI=1S/C19H22F5N5/c1-25-17(27-11-15-26-8-9-29(15)16(20)21)28-12-18(6-3-7-18)13-4-2-5-14(10-13)19(22,23)24/h2,4-5,8-10,16H,3,6-7,11-12H2,1H3,(H2,25,27,28). The summed E-state index contributed by atoms with van der Waals surface area (Å²) in [6.45, 7) is -2.27. The Morgan fingerprint density at radius 2 is 2.03 bits per heavy atom. The predicted octanol–water partition coefficient (Wildman–Crippen LogP) is 4.08. The molecule has 3 rings (SSSR count). The molecule has 1 aliphatic rings. The van der Waals surface area contributed by atoms with Crippen LogP contribution in [-0.2, 0) is 18.1 Å². The summed E-state index contributed by atoms with van der Waals surface area (Å²) >= 11 is 0. The number of aromatic nitrogens is 2. The third-order valence-electron chi connectivity index (χ3n) is 5.30. The first-order valence-corrected chi connectivity index (χ1v) is 9.17. The first-order chi connectivity index (χ1) is 13.7. The molecule has 2 aromatic rings. The zero-order valence-electron chi connectivity index (χ0n) is 15.8. The van der Waals surface area contributed by atoms with Crippen LogP contribution >= 0.6 is 0 Å². The first kappa shape index (κ1) is 21.1. The number of nitrogens with zero attached hydrogens (tertiary/aromatic N) is 3. The number of nitrogens with one attached hydrogen (secondary N) is 2. The zero-order valence-corrected chi connectivity index (χ0v) is 15.8. The van der Waals surface area contributed by atoms with Crippen molar-refractivity contribution in [2.75, 3.05) is 13.6 Å². The van der Waals surface area contributed by atoms with Crippen molar-refractivity contribution in [3.8, 4) is 0 Å². The van der Waals surface area contributed by atoms with E-state index in [1.165, 1.54) is 31.6 Å². The molecule has 1 saturated carbocycles. The quantitative estimate of drug-likeness (QED) is 0.425. The van der Waals surface area contributed by atoms with Crippen LogP contribution < -0.4 is 10.6 Å². The number of benzene rings is 1. The molecule has 1 fully saturated rings. The van der Waals surface area contributed by atoms with Gasteiger partial charge in [0.1, 0.15) is 5.82 Å². The Morgan fingerprint density at radius 1 is 1.28 bits per heavy atom. The average Bonchev–Trinajstić information content (AvgIpc) is 3.12. The van der Waals surface area contributed by atoms with Gasteiger partial charge in [0, 0.05) is 31.4 Å². The van der Waals surface area contributed by atoms with Gasteiger partial charge in [-0.3, -0.25) is 9.56 Å². The van der Waals surface area contributed by atoms with E-state index in [0.717, 1.165) is 29.9 Å². The molecule has 0 aliphatic heterocycles. The topological polar surface area (TPSA) is 54.2 Å². The molecule has 1 heterocycles. The monoisotopic (exact) mass is 415 g/mol. The minimum absolute atomic E-state index is 0.0353. The maximum Gasteiger partial charge on any atom is 0.416 e. The van der Waals surface area contributed by atoms with Gasteiger partial charge in [0.25, 0.3) is 0 Å². The molecule has 1 aliphatic carbocycles. The molecule has 10 heteroatoms. The van der Waals surface area contributed by atoms with Gasteiger partial charge in [-0.25, -0.2) is 4.98 Å². The van der Waals surface area contributed by atoms with Crippen LogP contribution in [0.25, 0.3) is 0 Å². The molecule has 2 N–H and O–H groups in total. The lowest BCUT2D eigenvalue weighted by atomic mass is 9.64. The van der Waals surface area contributed by atoms with E-state index in [9.17, 15) is 22.0 Å². The number of rotatable bonds is 6. The van der Waals surface area contributed by atoms with E-state index in [0.29, 0.717) is 18.1 Å². The number of hydrogen-bond acceptors (Lipinski definition) is 2. The lowest BCUT2D eigenvalue weighted by molar-refractivity contribution is -0.137. The number of guanidine groups is 1. The van der Waals surface area contributed by atoms with Crippen molar-refractivity contribution < 1.29 is 22.0 Å². The second-order valence-electron chi connectivity index (χ2n) is 7.02. The van der Waals surface area contributed by atoms with Crippen molar-refractivity contribution in [1.29, 1.82) is 0 Å². The molecule has 0 spiro atoms. The molecule has 0 bridgehead atoms. The second kappa shape index (κ2) is 8.38. The van der Waals surface area contributed by atoms with Crippen LogP contribution in [0.1, 0.15) is 42.8 Å². The largest absolute Gasteiger partial charge is 0.416 e. The van der Waals surface area contributed by atoms with E-state index in [1.807, 2.05) is 0 Å². The Hall–Kier alpha value is -2.65. The van der Waals surface area contributed by atoms with Crippen LogP contribution in [-0.4, -0.2) is 29.1 Å². The fraction of sp³-hybridized carbons (Fsp3) is 0.474. The van der Waals surface area contributed by atoms with E-state index in [2.05, 4.69) is 20.6 Å². The van der Waals surface area contributed by atoms with Crippen molar-refractivity contribution in [3.63, 3.8) is 0 Å². The number of halogens is 5. The average molecular weight is 415 g/mol. The summed E-state index contributed by atoms with van der Waals surface area (Å²) in [4.78, 5) is 7.96. The third kappa shape index (κ3) is 4.68. The Labute approximate surface area is 165 Å². The summed E-state index contributed by atoms with van der Waals surface area (Å²) in [5, 5.41) is 6.03. The summed E-state index contributed by atoms with van der Waals surface area (Å²) in [5.41, 5.74) is -0.447. The highest BCUT2D eigenvalue weighted by Crippen LogP contribution is 2.44. The molecule has 0 radical (unpaired) electrons. The summed E-state index contributed by atoms with van der Waals surface area (Å²) in [5.74, 6) is 0.520. The molecule has 0 amide bonds. The first-order valence-electron chi connectivity index (χ1n) is 9.17. The third-order valence-corrected chi connectivity index (χ3v) is 5.30. The van der Waals surface area contributed by atoms with Gasteiger partial charge in [0.15, 0.2) is 5.96 Å². The van der Waals surface area contributed by atoms with Gasteiger partial charge in [-0.1, -0.05) is 24.6 Å². The highest BCUT2D eigenvalue weighted by molar-refractivity contribution is 5.79. The smallest absolute Gasteiger partial charge is 0.356 e. The highest BCUT2D eigenvalue weighted by atomic mass is 19.4. The van der Waals surface area contributed by atoms with Crippen LogP contribution in [0.15, 0.2) is 41.7 Å². The van der Waals surface area contributed by atoms with Gasteiger partial charge < -0.3 is 10.6 Å². The Kier molecular flexibility index (Phi) is 6.09. The molecule has 0 unspecified atom stereocenters. The lowest BCUT2D eigenvalue weighted by Crippen LogP contribution is -2.49. The Bertz CT molecular complexity index is 855. The van der Waals surface area contributed by atoms with Crippen molar-refractivity contribution in [3.05, 3.63) is 53.6 Å². The summed E-state index contributed by atoms with van der Waals surface area (Å²) in [7, 11) is 1.53. The van der Waals surface area contributed by atoms with Gasteiger partial charge in [-0.05, 0) is 24.5 Å². The van der Waals surface area contributed by atoms with E-state index < -0.39 is 23.7 Å². The van der Waals surface area contributed by atoms with Crippen molar-refractivity contribution in [2.24, 2.45) is 4.99 Å². The molecule has 1 aromatic carbocycles. The van der Waals surface area contributed by atoms with Gasteiger partial charge in [-0.2, -0.15) is 22.0 Å². The minimum atomic E-state index is -4.39. The zero-order chi connectivity index (χ0) is 21.1. The normalized spacial score (nSPS) is 16.6. The van der Waals surface area contributed by atoms with E-state index in [4.69, 9.17) is 0 Å². The molecule has 5 nitrogen and oxygen atoms in total. The predicted molar refractivity (Wildman–Crippen MR) is 98.7 cm³/mol. The highest BCUT2D eigenvalue weighted by Gasteiger charge is 2.40. The van der Waals surface area contributed by atoms with E-state index in [1.54, 1.807) is 6.07 Å². The summed E-state index contributed by atoms with van der Waals surface area (Å²) in [6, 6.07) is 5.41. The Morgan fingerprint density at radius 3 is 2.62 bits per heavy atom. The molecule has 158 valence electrons. The van der Waals surface area contributed by atoms with Crippen LogP contribution in [0.3, 0.4) is 0 Å². The minimum Gasteiger partial charge on any atom is -0.356 e. The SMILES string of the molecule is CN=C(NCc1nccn1C(F)F)NCC1(c2cccc(C(F)(F)F)c2)CCC1. The lowest BCUT2D eigenvalue weighted by Gasteiger charge is -2.43. The van der Waals surface area contributed by atoms with Crippen LogP contribution in [0.5, 0.6) is 0 Å². The molecule has 1 aromatic heterocycles. The number of imidazole rings is 1. The van der Waals surface area contributed by atoms with E-state index in [-0.39, 0.29) is 12.4 Å². The van der Waals surface area contributed by atoms with E-state index >= 15 is 0 Å². The van der Waals surface area contributed by atoms with Crippen LogP contribution in [0, 0.1) is 0 Å². The molecular weight excluding hydrogens is 393 g/mol. The maximum absolute atomic E-state index is 13.1. The molecule has 29 heavy (non-hydrogen) atoms. The number of alkyl halides is 5. The van der Waals surface area contributed by atoms with Crippen LogP contribution in [0.4, 0.5) is 22.0 Å². The van der Waals surface area contributed by atoms with Gasteiger partial charge in [0.2, 0.25) is 0 Å². The Balaban J connectivity index is 1.66. The van der Waals surface area contributed by atoms with Crippen molar-refractivity contribution >= 4 is 5.96 Å². The maximum atomic E-state index is 13.1.